The minimum absolute atomic E-state index is 0.00144. The van der Waals surface area contributed by atoms with Crippen molar-refractivity contribution in [2.24, 2.45) is 0 Å². The Balaban J connectivity index is 2.34. The van der Waals surface area contributed by atoms with Crippen molar-refractivity contribution in [3.05, 3.63) is 57.8 Å². The summed E-state index contributed by atoms with van der Waals surface area (Å²) in [6.07, 6.45) is 0. The molecule has 0 heterocycles. The Morgan fingerprint density at radius 1 is 1.00 bits per heavy atom. The van der Waals surface area contributed by atoms with Gasteiger partial charge in [0.2, 0.25) is 0 Å². The number of nitrogens with zero attached hydrogens (tertiary/aromatic N) is 1. The van der Waals surface area contributed by atoms with Crippen LogP contribution in [-0.4, -0.2) is 0 Å². The first-order chi connectivity index (χ1) is 9.01. The smallest absolute Gasteiger partial charge is 0.147 e. The minimum atomic E-state index is -0.731. The van der Waals surface area contributed by atoms with Crippen LogP contribution in [0.4, 0.5) is 24.5 Å². The molecule has 0 atom stereocenters. The lowest BCUT2D eigenvalue weighted by molar-refractivity contribution is 0.597. The van der Waals surface area contributed by atoms with Gasteiger partial charge in [-0.05, 0) is 40.2 Å². The van der Waals surface area contributed by atoms with Crippen LogP contribution in [0.15, 0.2) is 34.8 Å². The zero-order chi connectivity index (χ0) is 14.0. The highest BCUT2D eigenvalue weighted by molar-refractivity contribution is 9.10. The lowest BCUT2D eigenvalue weighted by Gasteiger charge is -2.09. The van der Waals surface area contributed by atoms with Crippen LogP contribution in [-0.2, 0) is 0 Å². The molecular weight excluding hydrogens is 321 g/mol. The first kappa shape index (κ1) is 13.4. The van der Waals surface area contributed by atoms with Gasteiger partial charge in [0.1, 0.15) is 23.5 Å². The predicted molar refractivity (Wildman–Crippen MR) is 68.5 cm³/mol. The summed E-state index contributed by atoms with van der Waals surface area (Å²) in [5.41, 5.74) is -0.0186. The highest BCUT2D eigenvalue weighted by Gasteiger charge is 2.09. The van der Waals surface area contributed by atoms with Crippen molar-refractivity contribution in [2.45, 2.75) is 0 Å². The molecule has 0 spiro atoms. The van der Waals surface area contributed by atoms with Crippen LogP contribution in [0.25, 0.3) is 0 Å². The molecule has 0 radical (unpaired) electrons. The van der Waals surface area contributed by atoms with Gasteiger partial charge in [0.25, 0.3) is 0 Å². The molecule has 96 valence electrons. The molecule has 2 nitrogen and oxygen atoms in total. The van der Waals surface area contributed by atoms with Crippen molar-refractivity contribution in [2.75, 3.05) is 5.32 Å². The lowest BCUT2D eigenvalue weighted by atomic mass is 10.2. The first-order valence-electron chi connectivity index (χ1n) is 5.12. The topological polar surface area (TPSA) is 35.8 Å². The van der Waals surface area contributed by atoms with Crippen LogP contribution in [0.3, 0.4) is 0 Å². The van der Waals surface area contributed by atoms with E-state index in [4.69, 9.17) is 5.26 Å². The number of nitriles is 1. The van der Waals surface area contributed by atoms with E-state index in [1.807, 2.05) is 0 Å². The number of hydrogen-bond acceptors (Lipinski definition) is 2. The molecule has 0 unspecified atom stereocenters. The van der Waals surface area contributed by atoms with Gasteiger partial charge in [-0.2, -0.15) is 5.26 Å². The molecule has 0 aliphatic carbocycles. The minimum Gasteiger partial charge on any atom is -0.353 e. The Morgan fingerprint density at radius 2 is 1.74 bits per heavy atom. The molecular formula is C13H6BrF3N2. The van der Waals surface area contributed by atoms with E-state index in [0.29, 0.717) is 0 Å². The van der Waals surface area contributed by atoms with Crippen LogP contribution in [0.1, 0.15) is 5.56 Å². The summed E-state index contributed by atoms with van der Waals surface area (Å²) >= 11 is 2.86. The zero-order valence-electron chi connectivity index (χ0n) is 9.35. The molecule has 1 N–H and O–H groups in total. The Morgan fingerprint density at radius 3 is 2.37 bits per heavy atom. The second-order valence-electron chi connectivity index (χ2n) is 3.68. The first-order valence-corrected chi connectivity index (χ1v) is 5.92. The Hall–Kier alpha value is -2.00. The molecule has 0 aliphatic rings. The molecule has 0 saturated carbocycles. The van der Waals surface area contributed by atoms with E-state index >= 15 is 0 Å². The Bertz CT molecular complexity index is 680. The summed E-state index contributed by atoms with van der Waals surface area (Å²) in [6, 6.07) is 7.29. The van der Waals surface area contributed by atoms with E-state index in [-0.39, 0.29) is 21.4 Å². The van der Waals surface area contributed by atoms with Gasteiger partial charge in [0, 0.05) is 11.8 Å². The molecule has 0 amide bonds. The molecule has 2 rings (SSSR count). The number of benzene rings is 2. The zero-order valence-corrected chi connectivity index (χ0v) is 10.9. The summed E-state index contributed by atoms with van der Waals surface area (Å²) in [6.45, 7) is 0. The third kappa shape index (κ3) is 2.88. The third-order valence-electron chi connectivity index (χ3n) is 2.38. The van der Waals surface area contributed by atoms with E-state index in [1.165, 1.54) is 12.1 Å². The fraction of sp³-hybridized carbons (Fsp3) is 0. The second kappa shape index (κ2) is 5.33. The SMILES string of the molecule is N#Cc1ccc(Nc2cc(F)c(Br)cc2F)cc1F. The van der Waals surface area contributed by atoms with Crippen molar-refractivity contribution in [3.63, 3.8) is 0 Å². The maximum atomic E-state index is 13.6. The quantitative estimate of drug-likeness (QED) is 0.826. The number of anilines is 2. The molecule has 2 aromatic carbocycles. The average molecular weight is 327 g/mol. The van der Waals surface area contributed by atoms with Crippen molar-refractivity contribution in [3.8, 4) is 6.07 Å². The second-order valence-corrected chi connectivity index (χ2v) is 4.53. The summed E-state index contributed by atoms with van der Waals surface area (Å²) in [7, 11) is 0. The van der Waals surface area contributed by atoms with Crippen LogP contribution in [0.5, 0.6) is 0 Å². The standard InChI is InChI=1S/C13H6BrF3N2/c14-9-4-12(17)13(5-11(9)16)19-8-2-1-7(6-18)10(15)3-8/h1-5,19H. The average Bonchev–Trinajstić information content (AvgIpc) is 2.36. The highest BCUT2D eigenvalue weighted by atomic mass is 79.9. The van der Waals surface area contributed by atoms with Crippen molar-refractivity contribution in [1.82, 2.24) is 0 Å². The number of halogens is 4. The monoisotopic (exact) mass is 326 g/mol. The van der Waals surface area contributed by atoms with E-state index in [9.17, 15) is 13.2 Å². The van der Waals surface area contributed by atoms with Gasteiger partial charge in [0.05, 0.1) is 15.7 Å². The largest absolute Gasteiger partial charge is 0.353 e. The number of hydrogen-bond donors (Lipinski definition) is 1. The van der Waals surface area contributed by atoms with E-state index < -0.39 is 17.5 Å². The number of nitrogens with one attached hydrogen (secondary N) is 1. The lowest BCUT2D eigenvalue weighted by Crippen LogP contribution is -1.97. The van der Waals surface area contributed by atoms with Crippen LogP contribution in [0, 0.1) is 28.8 Å². The fourth-order valence-electron chi connectivity index (χ4n) is 1.46. The Kier molecular flexibility index (Phi) is 3.76. The van der Waals surface area contributed by atoms with Crippen LogP contribution >= 0.6 is 15.9 Å². The van der Waals surface area contributed by atoms with Gasteiger partial charge in [-0.25, -0.2) is 13.2 Å². The maximum Gasteiger partial charge on any atom is 0.147 e. The summed E-state index contributed by atoms with van der Waals surface area (Å²) in [4.78, 5) is 0. The van der Waals surface area contributed by atoms with Gasteiger partial charge >= 0.3 is 0 Å². The van der Waals surface area contributed by atoms with Gasteiger partial charge in [-0.3, -0.25) is 0 Å². The van der Waals surface area contributed by atoms with E-state index in [0.717, 1.165) is 18.2 Å². The van der Waals surface area contributed by atoms with Crippen molar-refractivity contribution in [1.29, 1.82) is 5.26 Å². The van der Waals surface area contributed by atoms with Gasteiger partial charge in [-0.1, -0.05) is 0 Å². The van der Waals surface area contributed by atoms with Crippen molar-refractivity contribution < 1.29 is 13.2 Å². The van der Waals surface area contributed by atoms with Gasteiger partial charge in [0.15, 0.2) is 0 Å². The number of rotatable bonds is 2. The maximum absolute atomic E-state index is 13.6. The fourth-order valence-corrected chi connectivity index (χ4v) is 1.77. The summed E-state index contributed by atoms with van der Waals surface area (Å²) in [5.74, 6) is -2.05. The Labute approximate surface area is 115 Å². The van der Waals surface area contributed by atoms with E-state index in [2.05, 4.69) is 21.2 Å². The van der Waals surface area contributed by atoms with Crippen molar-refractivity contribution >= 4 is 27.3 Å². The van der Waals surface area contributed by atoms with Crippen LogP contribution < -0.4 is 5.32 Å². The normalized spacial score (nSPS) is 10.1. The predicted octanol–water partition coefficient (Wildman–Crippen LogP) is 4.48. The molecule has 6 heteroatoms. The summed E-state index contributed by atoms with van der Waals surface area (Å²) < 4.78 is 40.2. The molecule has 2 aromatic rings. The molecule has 0 aliphatic heterocycles. The molecule has 0 bridgehead atoms. The molecule has 0 aromatic heterocycles. The third-order valence-corrected chi connectivity index (χ3v) is 2.99. The molecule has 0 fully saturated rings. The van der Waals surface area contributed by atoms with Gasteiger partial charge in [-0.15, -0.1) is 0 Å². The van der Waals surface area contributed by atoms with Crippen LogP contribution in [0.2, 0.25) is 0 Å². The molecule has 19 heavy (non-hydrogen) atoms. The summed E-state index contributed by atoms with van der Waals surface area (Å²) in [5, 5.41) is 11.1. The van der Waals surface area contributed by atoms with E-state index in [1.54, 1.807) is 6.07 Å². The highest BCUT2D eigenvalue weighted by Crippen LogP contribution is 2.26. The van der Waals surface area contributed by atoms with Gasteiger partial charge < -0.3 is 5.32 Å². The molecule has 0 saturated heterocycles.